The van der Waals surface area contributed by atoms with Gasteiger partial charge < -0.3 is 5.73 Å². The van der Waals surface area contributed by atoms with E-state index in [2.05, 4.69) is 29.3 Å². The maximum Gasteiger partial charge on any atom is 0.0121 e. The normalized spacial score (nSPS) is 35.1. The first kappa shape index (κ1) is 11.7. The van der Waals surface area contributed by atoms with E-state index < -0.39 is 0 Å². The quantitative estimate of drug-likeness (QED) is 0.893. The summed E-state index contributed by atoms with van der Waals surface area (Å²) >= 11 is 1.89. The molecule has 0 aromatic carbocycles. The molecule has 17 heavy (non-hydrogen) atoms. The Balaban J connectivity index is 1.68. The summed E-state index contributed by atoms with van der Waals surface area (Å²) < 4.78 is 0. The zero-order chi connectivity index (χ0) is 11.8. The van der Waals surface area contributed by atoms with Crippen molar-refractivity contribution in [2.75, 3.05) is 0 Å². The Morgan fingerprint density at radius 1 is 1.41 bits per heavy atom. The number of nitrogens with zero attached hydrogens (tertiary/aromatic N) is 1. The Labute approximate surface area is 108 Å². The lowest BCUT2D eigenvalue weighted by Crippen LogP contribution is -2.51. The van der Waals surface area contributed by atoms with Gasteiger partial charge in [0, 0.05) is 29.0 Å². The van der Waals surface area contributed by atoms with Crippen LogP contribution in [0.15, 0.2) is 17.5 Å². The van der Waals surface area contributed by atoms with Crippen molar-refractivity contribution in [2.24, 2.45) is 5.73 Å². The van der Waals surface area contributed by atoms with Crippen LogP contribution in [0.5, 0.6) is 0 Å². The van der Waals surface area contributed by atoms with E-state index in [-0.39, 0.29) is 0 Å². The monoisotopic (exact) mass is 250 g/mol. The first-order valence-electron chi connectivity index (χ1n) is 6.79. The van der Waals surface area contributed by atoms with Crippen LogP contribution < -0.4 is 5.73 Å². The fraction of sp³-hybridized carbons (Fsp3) is 0.714. The maximum atomic E-state index is 6.13. The molecule has 2 saturated heterocycles. The number of nitrogens with two attached hydrogens (primary N) is 1. The molecule has 1 aromatic heterocycles. The molecule has 2 nitrogen and oxygen atoms in total. The van der Waals surface area contributed by atoms with Crippen molar-refractivity contribution in [2.45, 2.75) is 63.2 Å². The van der Waals surface area contributed by atoms with E-state index >= 15 is 0 Å². The Morgan fingerprint density at radius 2 is 2.12 bits per heavy atom. The van der Waals surface area contributed by atoms with Crippen LogP contribution in [0, 0.1) is 0 Å². The van der Waals surface area contributed by atoms with Gasteiger partial charge in [-0.25, -0.2) is 0 Å². The first-order valence-corrected chi connectivity index (χ1v) is 7.67. The molecule has 3 heteroatoms. The molecule has 3 heterocycles. The summed E-state index contributed by atoms with van der Waals surface area (Å²) in [6, 6.07) is 7.08. The highest BCUT2D eigenvalue weighted by molar-refractivity contribution is 7.09. The number of rotatable bonds is 3. The smallest absolute Gasteiger partial charge is 0.0121 e. The van der Waals surface area contributed by atoms with Crippen LogP contribution in [0.2, 0.25) is 0 Å². The van der Waals surface area contributed by atoms with E-state index in [0.717, 1.165) is 12.1 Å². The second-order valence-corrected chi connectivity index (χ2v) is 6.73. The van der Waals surface area contributed by atoms with E-state index in [4.69, 9.17) is 5.73 Å². The van der Waals surface area contributed by atoms with Crippen molar-refractivity contribution in [3.8, 4) is 0 Å². The van der Waals surface area contributed by atoms with Crippen LogP contribution in [-0.2, 0) is 6.42 Å². The van der Waals surface area contributed by atoms with E-state index in [9.17, 15) is 0 Å². The summed E-state index contributed by atoms with van der Waals surface area (Å²) in [5.74, 6) is 0. The third kappa shape index (κ3) is 2.28. The van der Waals surface area contributed by atoms with Crippen molar-refractivity contribution < 1.29 is 0 Å². The molecular weight excluding hydrogens is 228 g/mol. The van der Waals surface area contributed by atoms with Crippen LogP contribution in [0.1, 0.15) is 37.5 Å². The van der Waals surface area contributed by atoms with Gasteiger partial charge in [-0.05, 0) is 50.5 Å². The summed E-state index contributed by atoms with van der Waals surface area (Å²) in [6.07, 6.45) is 6.37. The van der Waals surface area contributed by atoms with Crippen molar-refractivity contribution in [3.63, 3.8) is 0 Å². The van der Waals surface area contributed by atoms with Gasteiger partial charge in [-0.1, -0.05) is 6.07 Å². The van der Waals surface area contributed by atoms with Gasteiger partial charge in [-0.15, -0.1) is 11.3 Å². The summed E-state index contributed by atoms with van der Waals surface area (Å²) in [6.45, 7) is 2.39. The van der Waals surface area contributed by atoms with Crippen molar-refractivity contribution in [3.05, 3.63) is 22.4 Å². The molecule has 2 fully saturated rings. The largest absolute Gasteiger partial charge is 0.328 e. The molecule has 3 unspecified atom stereocenters. The predicted octanol–water partition coefficient (Wildman–Crippen LogP) is 2.63. The topological polar surface area (TPSA) is 29.3 Å². The number of hydrogen-bond donors (Lipinski definition) is 1. The van der Waals surface area contributed by atoms with Gasteiger partial charge in [-0.2, -0.15) is 0 Å². The summed E-state index contributed by atoms with van der Waals surface area (Å²) in [4.78, 5) is 4.29. The van der Waals surface area contributed by atoms with Crippen LogP contribution in [0.25, 0.3) is 0 Å². The Hall–Kier alpha value is -0.380. The van der Waals surface area contributed by atoms with E-state index in [0.29, 0.717) is 12.1 Å². The molecule has 0 saturated carbocycles. The molecule has 94 valence electrons. The minimum absolute atomic E-state index is 0.456. The van der Waals surface area contributed by atoms with Gasteiger partial charge in [0.1, 0.15) is 0 Å². The minimum atomic E-state index is 0.456. The molecule has 0 radical (unpaired) electrons. The van der Waals surface area contributed by atoms with Gasteiger partial charge in [0.05, 0.1) is 0 Å². The lowest BCUT2D eigenvalue weighted by Gasteiger charge is -2.41. The van der Waals surface area contributed by atoms with E-state index in [1.807, 2.05) is 11.3 Å². The lowest BCUT2D eigenvalue weighted by atomic mass is 9.95. The number of hydrogen-bond acceptors (Lipinski definition) is 3. The second-order valence-electron chi connectivity index (χ2n) is 5.70. The average Bonchev–Trinajstić information content (AvgIpc) is 2.86. The Morgan fingerprint density at radius 3 is 2.71 bits per heavy atom. The molecule has 3 rings (SSSR count). The third-order valence-corrected chi connectivity index (χ3v) is 5.31. The maximum absolute atomic E-state index is 6.13. The summed E-state index contributed by atoms with van der Waals surface area (Å²) in [5.41, 5.74) is 6.13. The minimum Gasteiger partial charge on any atom is -0.328 e. The van der Waals surface area contributed by atoms with Crippen LogP contribution in [-0.4, -0.2) is 29.1 Å². The fourth-order valence-electron chi connectivity index (χ4n) is 3.80. The summed E-state index contributed by atoms with van der Waals surface area (Å²) in [5, 5.41) is 2.18. The van der Waals surface area contributed by atoms with E-state index in [1.165, 1.54) is 37.0 Å². The molecule has 3 atom stereocenters. The van der Waals surface area contributed by atoms with Crippen molar-refractivity contribution >= 4 is 11.3 Å². The average molecular weight is 250 g/mol. The predicted molar refractivity (Wildman–Crippen MR) is 73.3 cm³/mol. The molecule has 1 aromatic rings. The van der Waals surface area contributed by atoms with Crippen LogP contribution in [0.4, 0.5) is 0 Å². The third-order valence-electron chi connectivity index (χ3n) is 4.41. The van der Waals surface area contributed by atoms with Gasteiger partial charge >= 0.3 is 0 Å². The van der Waals surface area contributed by atoms with Gasteiger partial charge in [0.25, 0.3) is 0 Å². The molecule has 0 aliphatic carbocycles. The fourth-order valence-corrected chi connectivity index (χ4v) is 4.63. The van der Waals surface area contributed by atoms with Crippen molar-refractivity contribution in [1.82, 2.24) is 4.90 Å². The van der Waals surface area contributed by atoms with Crippen molar-refractivity contribution in [1.29, 1.82) is 0 Å². The second kappa shape index (κ2) is 4.71. The zero-order valence-corrected chi connectivity index (χ0v) is 11.3. The molecule has 2 bridgehead atoms. The standard InChI is InChI=1S/C14H22N2S/c1-10(7-14-3-2-6-17-14)16-12-4-5-13(16)9-11(15)8-12/h2-3,6,10-13H,4-5,7-9,15H2,1H3. The molecule has 2 aliphatic heterocycles. The number of piperidine rings is 1. The summed E-state index contributed by atoms with van der Waals surface area (Å²) in [7, 11) is 0. The molecule has 0 spiro atoms. The SMILES string of the molecule is CC(Cc1cccs1)N1C2CCC1CC(N)C2. The Kier molecular flexibility index (Phi) is 3.24. The van der Waals surface area contributed by atoms with Crippen LogP contribution >= 0.6 is 11.3 Å². The first-order chi connectivity index (χ1) is 8.24. The molecular formula is C14H22N2S. The van der Waals surface area contributed by atoms with Gasteiger partial charge in [0.2, 0.25) is 0 Å². The Bertz CT molecular complexity index is 348. The molecule has 2 N–H and O–H groups in total. The molecule has 2 aliphatic rings. The van der Waals surface area contributed by atoms with E-state index in [1.54, 1.807) is 0 Å². The highest BCUT2D eigenvalue weighted by atomic mass is 32.1. The number of fused-ring (bicyclic) bond motifs is 2. The van der Waals surface area contributed by atoms with Crippen LogP contribution in [0.3, 0.4) is 0 Å². The van der Waals surface area contributed by atoms with Gasteiger partial charge in [0.15, 0.2) is 0 Å². The molecule has 0 amide bonds. The highest BCUT2D eigenvalue weighted by Gasteiger charge is 2.41. The zero-order valence-electron chi connectivity index (χ0n) is 10.5. The number of thiophene rings is 1. The lowest BCUT2D eigenvalue weighted by molar-refractivity contribution is 0.0859. The highest BCUT2D eigenvalue weighted by Crippen LogP contribution is 2.37. The van der Waals surface area contributed by atoms with Gasteiger partial charge in [-0.3, -0.25) is 4.90 Å².